The van der Waals surface area contributed by atoms with Gasteiger partial charge in [0.1, 0.15) is 11.4 Å². The molecule has 0 atom stereocenters. The Morgan fingerprint density at radius 1 is 1.27 bits per heavy atom. The molecule has 1 aliphatic rings. The first-order valence-corrected chi connectivity index (χ1v) is 8.88. The van der Waals surface area contributed by atoms with Gasteiger partial charge in [0.15, 0.2) is 12.4 Å². The van der Waals surface area contributed by atoms with Crippen LogP contribution < -0.4 is 19.9 Å². The monoisotopic (exact) mass is 375 g/mol. The van der Waals surface area contributed by atoms with Gasteiger partial charge in [-0.15, -0.1) is 0 Å². The van der Waals surface area contributed by atoms with Gasteiger partial charge in [-0.2, -0.15) is 4.98 Å². The van der Waals surface area contributed by atoms with Crippen molar-refractivity contribution >= 4 is 35.0 Å². The van der Waals surface area contributed by atoms with Gasteiger partial charge in [-0.3, -0.25) is 4.79 Å². The van der Waals surface area contributed by atoms with Gasteiger partial charge in [0.25, 0.3) is 5.91 Å². The summed E-state index contributed by atoms with van der Waals surface area (Å²) in [5, 5.41) is 3.43. The SMILES string of the molecule is CN(C)c1nc(N2CCCC2)ncc1NC(=O)COc1ccc(Cl)cc1. The van der Waals surface area contributed by atoms with Gasteiger partial charge < -0.3 is 19.9 Å². The lowest BCUT2D eigenvalue weighted by Crippen LogP contribution is -2.25. The van der Waals surface area contributed by atoms with Crippen LogP contribution in [0, 0.1) is 0 Å². The zero-order chi connectivity index (χ0) is 18.5. The lowest BCUT2D eigenvalue weighted by molar-refractivity contribution is -0.118. The van der Waals surface area contributed by atoms with Gasteiger partial charge in [-0.25, -0.2) is 4.98 Å². The molecule has 1 aromatic carbocycles. The van der Waals surface area contributed by atoms with E-state index in [0.717, 1.165) is 25.9 Å². The van der Waals surface area contributed by atoms with Crippen molar-refractivity contribution in [1.82, 2.24) is 9.97 Å². The van der Waals surface area contributed by atoms with Crippen molar-refractivity contribution in [2.24, 2.45) is 0 Å². The van der Waals surface area contributed by atoms with Crippen LogP contribution in [0.1, 0.15) is 12.8 Å². The number of anilines is 3. The van der Waals surface area contributed by atoms with Crippen molar-refractivity contribution in [2.45, 2.75) is 12.8 Å². The third-order valence-corrected chi connectivity index (χ3v) is 4.28. The number of hydrogen-bond donors (Lipinski definition) is 1. The highest BCUT2D eigenvalue weighted by Crippen LogP contribution is 2.25. The molecule has 26 heavy (non-hydrogen) atoms. The van der Waals surface area contributed by atoms with E-state index < -0.39 is 0 Å². The first kappa shape index (κ1) is 18.3. The van der Waals surface area contributed by atoms with E-state index in [2.05, 4.69) is 20.2 Å². The van der Waals surface area contributed by atoms with Crippen molar-refractivity contribution in [3.8, 4) is 5.75 Å². The molecule has 1 fully saturated rings. The number of nitrogens with one attached hydrogen (secondary N) is 1. The molecule has 0 bridgehead atoms. The van der Waals surface area contributed by atoms with E-state index in [4.69, 9.17) is 16.3 Å². The summed E-state index contributed by atoms with van der Waals surface area (Å²) in [6, 6.07) is 6.86. The number of aromatic nitrogens is 2. The first-order valence-electron chi connectivity index (χ1n) is 8.50. The predicted octanol–water partition coefficient (Wildman–Crippen LogP) is 2.81. The van der Waals surface area contributed by atoms with Crippen molar-refractivity contribution in [3.63, 3.8) is 0 Å². The van der Waals surface area contributed by atoms with Crippen LogP contribution in [-0.2, 0) is 4.79 Å². The van der Waals surface area contributed by atoms with Crippen molar-refractivity contribution < 1.29 is 9.53 Å². The Labute approximate surface area is 157 Å². The van der Waals surface area contributed by atoms with Crippen LogP contribution >= 0.6 is 11.6 Å². The first-order chi connectivity index (χ1) is 12.5. The van der Waals surface area contributed by atoms with Crippen LogP contribution in [0.15, 0.2) is 30.5 Å². The van der Waals surface area contributed by atoms with Crippen LogP contribution in [0.2, 0.25) is 5.02 Å². The molecule has 7 nitrogen and oxygen atoms in total. The van der Waals surface area contributed by atoms with Gasteiger partial charge in [0.05, 0.1) is 6.20 Å². The van der Waals surface area contributed by atoms with Gasteiger partial charge >= 0.3 is 0 Å². The van der Waals surface area contributed by atoms with Crippen LogP contribution in [0.4, 0.5) is 17.5 Å². The van der Waals surface area contributed by atoms with E-state index in [-0.39, 0.29) is 12.5 Å². The van der Waals surface area contributed by atoms with Crippen LogP contribution in [0.5, 0.6) is 5.75 Å². The largest absolute Gasteiger partial charge is 0.484 e. The molecule has 1 amide bonds. The number of benzene rings is 1. The molecule has 0 aliphatic carbocycles. The molecule has 0 saturated carbocycles. The fourth-order valence-electron chi connectivity index (χ4n) is 2.73. The maximum atomic E-state index is 12.2. The topological polar surface area (TPSA) is 70.6 Å². The molecule has 1 aliphatic heterocycles. The molecular formula is C18H22ClN5O2. The molecule has 1 aromatic heterocycles. The normalized spacial score (nSPS) is 13.6. The number of amides is 1. The molecular weight excluding hydrogens is 354 g/mol. The third kappa shape index (κ3) is 4.54. The number of rotatable bonds is 6. The summed E-state index contributed by atoms with van der Waals surface area (Å²) in [5.41, 5.74) is 0.558. The van der Waals surface area contributed by atoms with Crippen LogP contribution in [0.3, 0.4) is 0 Å². The lowest BCUT2D eigenvalue weighted by atomic mass is 10.3. The summed E-state index contributed by atoms with van der Waals surface area (Å²) in [7, 11) is 3.77. The fourth-order valence-corrected chi connectivity index (χ4v) is 2.85. The van der Waals surface area contributed by atoms with Gasteiger partial charge in [-0.05, 0) is 37.1 Å². The van der Waals surface area contributed by atoms with Crippen molar-refractivity contribution in [1.29, 1.82) is 0 Å². The molecule has 138 valence electrons. The minimum Gasteiger partial charge on any atom is -0.484 e. The highest BCUT2D eigenvalue weighted by molar-refractivity contribution is 6.30. The van der Waals surface area contributed by atoms with Crippen molar-refractivity contribution in [2.75, 3.05) is 48.9 Å². The van der Waals surface area contributed by atoms with Gasteiger partial charge in [0, 0.05) is 32.2 Å². The summed E-state index contributed by atoms with van der Waals surface area (Å²) in [4.78, 5) is 25.2. The van der Waals surface area contributed by atoms with E-state index in [1.807, 2.05) is 19.0 Å². The summed E-state index contributed by atoms with van der Waals surface area (Å²) in [6.45, 7) is 1.82. The zero-order valence-electron chi connectivity index (χ0n) is 14.9. The fraction of sp³-hybridized carbons (Fsp3) is 0.389. The van der Waals surface area contributed by atoms with E-state index in [0.29, 0.717) is 28.2 Å². The number of hydrogen-bond acceptors (Lipinski definition) is 6. The molecule has 0 radical (unpaired) electrons. The molecule has 0 spiro atoms. The maximum absolute atomic E-state index is 12.2. The Kier molecular flexibility index (Phi) is 5.78. The molecule has 2 heterocycles. The van der Waals surface area contributed by atoms with E-state index in [1.54, 1.807) is 30.5 Å². The van der Waals surface area contributed by atoms with Crippen molar-refractivity contribution in [3.05, 3.63) is 35.5 Å². The van der Waals surface area contributed by atoms with Gasteiger partial charge in [-0.1, -0.05) is 11.6 Å². The molecule has 1 saturated heterocycles. The maximum Gasteiger partial charge on any atom is 0.262 e. The minimum atomic E-state index is -0.277. The number of carbonyl (C=O) groups excluding carboxylic acids is 1. The Morgan fingerprint density at radius 3 is 2.62 bits per heavy atom. The number of carbonyl (C=O) groups is 1. The lowest BCUT2D eigenvalue weighted by Gasteiger charge is -2.21. The number of halogens is 1. The highest BCUT2D eigenvalue weighted by atomic mass is 35.5. The Hall–Kier alpha value is -2.54. The molecule has 1 N–H and O–H groups in total. The van der Waals surface area contributed by atoms with E-state index in [9.17, 15) is 4.79 Å². The molecule has 3 rings (SSSR count). The second-order valence-electron chi connectivity index (χ2n) is 6.29. The Balaban J connectivity index is 1.65. The smallest absolute Gasteiger partial charge is 0.262 e. The highest BCUT2D eigenvalue weighted by Gasteiger charge is 2.18. The average Bonchev–Trinajstić information content (AvgIpc) is 3.16. The standard InChI is InChI=1S/C18H22ClN5O2/c1-23(2)17-15(11-20-18(22-17)24-9-3-4-10-24)21-16(25)12-26-14-7-5-13(19)6-8-14/h5-8,11H,3-4,9-10,12H2,1-2H3,(H,21,25). The quantitative estimate of drug-likeness (QED) is 0.837. The summed E-state index contributed by atoms with van der Waals surface area (Å²) in [6.07, 6.45) is 3.96. The molecule has 0 unspecified atom stereocenters. The second kappa shape index (κ2) is 8.23. The van der Waals surface area contributed by atoms with E-state index in [1.165, 1.54) is 0 Å². The average molecular weight is 376 g/mol. The summed E-state index contributed by atoms with van der Waals surface area (Å²) in [5.74, 6) is 1.67. The van der Waals surface area contributed by atoms with E-state index >= 15 is 0 Å². The zero-order valence-corrected chi connectivity index (χ0v) is 15.7. The minimum absolute atomic E-state index is 0.109. The third-order valence-electron chi connectivity index (χ3n) is 4.03. The summed E-state index contributed by atoms with van der Waals surface area (Å²) < 4.78 is 5.47. The Morgan fingerprint density at radius 2 is 1.96 bits per heavy atom. The van der Waals surface area contributed by atoms with Crippen LogP contribution in [0.25, 0.3) is 0 Å². The number of nitrogens with zero attached hydrogens (tertiary/aromatic N) is 4. The Bertz CT molecular complexity index is 761. The molecule has 2 aromatic rings. The molecule has 8 heteroatoms. The summed E-state index contributed by atoms with van der Waals surface area (Å²) >= 11 is 5.83. The second-order valence-corrected chi connectivity index (χ2v) is 6.72. The number of ether oxygens (including phenoxy) is 1. The van der Waals surface area contributed by atoms with Gasteiger partial charge in [0.2, 0.25) is 5.95 Å². The van der Waals surface area contributed by atoms with Crippen LogP contribution in [-0.4, -0.2) is 49.7 Å². The predicted molar refractivity (Wildman–Crippen MR) is 103 cm³/mol.